The van der Waals surface area contributed by atoms with E-state index in [1.165, 1.54) is 19.5 Å². The fourth-order valence-corrected chi connectivity index (χ4v) is 1.57. The van der Waals surface area contributed by atoms with Gasteiger partial charge in [-0.2, -0.15) is 5.26 Å². The SMILES string of the molecule is COC(=O)c1cncc(Nc2ccc(CC#N)cc2)n1. The van der Waals surface area contributed by atoms with E-state index in [1.807, 2.05) is 24.3 Å². The van der Waals surface area contributed by atoms with Crippen LogP contribution in [0.5, 0.6) is 0 Å². The van der Waals surface area contributed by atoms with Gasteiger partial charge in [-0.25, -0.2) is 9.78 Å². The molecule has 0 aliphatic carbocycles. The summed E-state index contributed by atoms with van der Waals surface area (Å²) >= 11 is 0. The highest BCUT2D eigenvalue weighted by atomic mass is 16.5. The Morgan fingerprint density at radius 3 is 2.75 bits per heavy atom. The van der Waals surface area contributed by atoms with Crippen molar-refractivity contribution in [1.29, 1.82) is 5.26 Å². The average molecular weight is 268 g/mol. The van der Waals surface area contributed by atoms with Gasteiger partial charge in [0.15, 0.2) is 5.69 Å². The normalized spacial score (nSPS) is 9.60. The predicted octanol–water partition coefficient (Wildman–Crippen LogP) is 2.07. The Morgan fingerprint density at radius 1 is 1.35 bits per heavy atom. The lowest BCUT2D eigenvalue weighted by Gasteiger charge is -2.06. The minimum atomic E-state index is -0.537. The number of hydrogen-bond acceptors (Lipinski definition) is 6. The van der Waals surface area contributed by atoms with E-state index in [2.05, 4.69) is 26.1 Å². The van der Waals surface area contributed by atoms with Crippen molar-refractivity contribution in [2.24, 2.45) is 0 Å². The smallest absolute Gasteiger partial charge is 0.358 e. The summed E-state index contributed by atoms with van der Waals surface area (Å²) in [5, 5.41) is 11.6. The second-order valence-corrected chi connectivity index (χ2v) is 3.94. The lowest BCUT2D eigenvalue weighted by molar-refractivity contribution is 0.0593. The van der Waals surface area contributed by atoms with Gasteiger partial charge in [0.25, 0.3) is 0 Å². The summed E-state index contributed by atoms with van der Waals surface area (Å²) in [6.07, 6.45) is 3.22. The van der Waals surface area contributed by atoms with Crippen LogP contribution in [0.2, 0.25) is 0 Å². The fraction of sp³-hybridized carbons (Fsp3) is 0.143. The van der Waals surface area contributed by atoms with E-state index in [0.29, 0.717) is 12.2 Å². The Hall–Kier alpha value is -2.94. The van der Waals surface area contributed by atoms with Crippen LogP contribution in [-0.4, -0.2) is 23.0 Å². The highest BCUT2D eigenvalue weighted by molar-refractivity contribution is 5.87. The molecule has 0 radical (unpaired) electrons. The van der Waals surface area contributed by atoms with E-state index in [0.717, 1.165) is 11.3 Å². The summed E-state index contributed by atoms with van der Waals surface area (Å²) < 4.78 is 4.58. The third-order valence-electron chi connectivity index (χ3n) is 2.54. The molecule has 1 aromatic carbocycles. The maximum atomic E-state index is 11.4. The number of benzene rings is 1. The Balaban J connectivity index is 2.13. The van der Waals surface area contributed by atoms with E-state index in [-0.39, 0.29) is 5.69 Å². The van der Waals surface area contributed by atoms with Crippen LogP contribution in [0, 0.1) is 11.3 Å². The Labute approximate surface area is 116 Å². The number of rotatable bonds is 4. The minimum Gasteiger partial charge on any atom is -0.464 e. The molecule has 1 N–H and O–H groups in total. The maximum absolute atomic E-state index is 11.4. The predicted molar refractivity (Wildman–Crippen MR) is 72.4 cm³/mol. The van der Waals surface area contributed by atoms with Crippen molar-refractivity contribution in [3.63, 3.8) is 0 Å². The summed E-state index contributed by atoms with van der Waals surface area (Å²) in [5.41, 5.74) is 1.87. The summed E-state index contributed by atoms with van der Waals surface area (Å²) in [5.74, 6) is -0.0912. The van der Waals surface area contributed by atoms with Gasteiger partial charge in [-0.1, -0.05) is 12.1 Å². The van der Waals surface area contributed by atoms with E-state index >= 15 is 0 Å². The van der Waals surface area contributed by atoms with Gasteiger partial charge in [0.1, 0.15) is 5.82 Å². The van der Waals surface area contributed by atoms with Crippen molar-refractivity contribution < 1.29 is 9.53 Å². The van der Waals surface area contributed by atoms with Crippen LogP contribution in [0.15, 0.2) is 36.7 Å². The molecule has 20 heavy (non-hydrogen) atoms. The number of nitriles is 1. The lowest BCUT2D eigenvalue weighted by Crippen LogP contribution is -2.06. The van der Waals surface area contributed by atoms with Crippen LogP contribution >= 0.6 is 0 Å². The molecule has 2 rings (SSSR count). The monoisotopic (exact) mass is 268 g/mol. The standard InChI is InChI=1S/C14H12N4O2/c1-20-14(19)12-8-16-9-13(18-12)17-11-4-2-10(3-5-11)6-7-15/h2-5,8-9H,6H2,1H3,(H,17,18). The number of ether oxygens (including phenoxy) is 1. The van der Waals surface area contributed by atoms with Gasteiger partial charge in [0.05, 0.1) is 32.0 Å². The molecule has 0 aliphatic rings. The second-order valence-electron chi connectivity index (χ2n) is 3.94. The number of carbonyl (C=O) groups is 1. The molecule has 0 saturated carbocycles. The number of methoxy groups -OCH3 is 1. The van der Waals surface area contributed by atoms with Gasteiger partial charge in [0, 0.05) is 5.69 Å². The summed E-state index contributed by atoms with van der Waals surface area (Å²) in [4.78, 5) is 19.4. The van der Waals surface area contributed by atoms with Gasteiger partial charge in [-0.05, 0) is 17.7 Å². The summed E-state index contributed by atoms with van der Waals surface area (Å²) in [6, 6.07) is 9.45. The van der Waals surface area contributed by atoms with Crippen LogP contribution in [0.25, 0.3) is 0 Å². The van der Waals surface area contributed by atoms with Crippen molar-refractivity contribution >= 4 is 17.5 Å². The topological polar surface area (TPSA) is 87.9 Å². The molecule has 0 spiro atoms. The van der Waals surface area contributed by atoms with Crippen LogP contribution in [0.4, 0.5) is 11.5 Å². The molecule has 100 valence electrons. The number of anilines is 2. The zero-order valence-electron chi connectivity index (χ0n) is 10.8. The van der Waals surface area contributed by atoms with Crippen molar-refractivity contribution in [1.82, 2.24) is 9.97 Å². The quantitative estimate of drug-likeness (QED) is 0.854. The Bertz CT molecular complexity index is 647. The van der Waals surface area contributed by atoms with Crippen LogP contribution in [0.1, 0.15) is 16.1 Å². The van der Waals surface area contributed by atoms with Crippen LogP contribution in [-0.2, 0) is 11.2 Å². The molecule has 1 aromatic heterocycles. The first-order valence-electron chi connectivity index (χ1n) is 5.86. The van der Waals surface area contributed by atoms with Crippen molar-refractivity contribution in [2.45, 2.75) is 6.42 Å². The average Bonchev–Trinajstić information content (AvgIpc) is 2.49. The van der Waals surface area contributed by atoms with Crippen molar-refractivity contribution in [3.05, 3.63) is 47.9 Å². The van der Waals surface area contributed by atoms with Gasteiger partial charge in [-0.15, -0.1) is 0 Å². The molecule has 0 fully saturated rings. The largest absolute Gasteiger partial charge is 0.464 e. The number of nitrogens with one attached hydrogen (secondary N) is 1. The highest BCUT2D eigenvalue weighted by Gasteiger charge is 2.08. The molecule has 2 aromatic rings. The van der Waals surface area contributed by atoms with Gasteiger partial charge < -0.3 is 10.1 Å². The first-order valence-corrected chi connectivity index (χ1v) is 5.86. The molecular weight excluding hydrogens is 256 g/mol. The molecule has 1 heterocycles. The van der Waals surface area contributed by atoms with E-state index in [9.17, 15) is 4.79 Å². The van der Waals surface area contributed by atoms with Gasteiger partial charge in [0.2, 0.25) is 0 Å². The summed E-state index contributed by atoms with van der Waals surface area (Å²) in [6.45, 7) is 0. The maximum Gasteiger partial charge on any atom is 0.358 e. The molecule has 0 amide bonds. The van der Waals surface area contributed by atoms with E-state index < -0.39 is 5.97 Å². The van der Waals surface area contributed by atoms with Crippen molar-refractivity contribution in [2.75, 3.05) is 12.4 Å². The molecule has 0 bridgehead atoms. The zero-order valence-corrected chi connectivity index (χ0v) is 10.8. The highest BCUT2D eigenvalue weighted by Crippen LogP contribution is 2.15. The van der Waals surface area contributed by atoms with Crippen LogP contribution < -0.4 is 5.32 Å². The van der Waals surface area contributed by atoms with E-state index in [4.69, 9.17) is 5.26 Å². The number of nitrogens with zero attached hydrogens (tertiary/aromatic N) is 3. The Kier molecular flexibility index (Phi) is 4.24. The number of aromatic nitrogens is 2. The lowest BCUT2D eigenvalue weighted by atomic mass is 10.1. The zero-order chi connectivity index (χ0) is 14.4. The molecule has 0 unspecified atom stereocenters. The second kappa shape index (κ2) is 6.29. The Morgan fingerprint density at radius 2 is 2.10 bits per heavy atom. The number of esters is 1. The third-order valence-corrected chi connectivity index (χ3v) is 2.54. The third kappa shape index (κ3) is 3.29. The molecule has 6 nitrogen and oxygen atoms in total. The first-order chi connectivity index (χ1) is 9.72. The molecule has 0 saturated heterocycles. The van der Waals surface area contributed by atoms with Crippen LogP contribution in [0.3, 0.4) is 0 Å². The summed E-state index contributed by atoms with van der Waals surface area (Å²) in [7, 11) is 1.29. The molecule has 0 atom stereocenters. The first kappa shape index (κ1) is 13.5. The molecular formula is C14H12N4O2. The van der Waals surface area contributed by atoms with E-state index in [1.54, 1.807) is 0 Å². The number of hydrogen-bond donors (Lipinski definition) is 1. The molecule has 0 aliphatic heterocycles. The fourth-order valence-electron chi connectivity index (χ4n) is 1.57. The van der Waals surface area contributed by atoms with Gasteiger partial charge in [-0.3, -0.25) is 4.98 Å². The number of carbonyl (C=O) groups excluding carboxylic acids is 1. The van der Waals surface area contributed by atoms with Crippen molar-refractivity contribution in [3.8, 4) is 6.07 Å². The molecule has 6 heteroatoms. The minimum absolute atomic E-state index is 0.138. The van der Waals surface area contributed by atoms with Gasteiger partial charge >= 0.3 is 5.97 Å².